The molecule has 0 N–H and O–H groups in total. The summed E-state index contributed by atoms with van der Waals surface area (Å²) in [6.07, 6.45) is 5.37. The Bertz CT molecular complexity index is 738. The van der Waals surface area contributed by atoms with Gasteiger partial charge < -0.3 is 4.74 Å². The van der Waals surface area contributed by atoms with Gasteiger partial charge in [0.25, 0.3) is 0 Å². The predicted molar refractivity (Wildman–Crippen MR) is 103 cm³/mol. The summed E-state index contributed by atoms with van der Waals surface area (Å²) in [6.45, 7) is 7.96. The highest BCUT2D eigenvalue weighted by atomic mass is 19.1. The number of carbonyl (C=O) groups is 1. The fourth-order valence-corrected chi connectivity index (χ4v) is 2.60. The van der Waals surface area contributed by atoms with Gasteiger partial charge in [-0.2, -0.15) is 5.26 Å². The highest BCUT2D eigenvalue weighted by molar-refractivity contribution is 5.70. The van der Waals surface area contributed by atoms with Crippen LogP contribution in [0.1, 0.15) is 58.9 Å². The molecule has 0 spiro atoms. The van der Waals surface area contributed by atoms with Crippen LogP contribution in [-0.4, -0.2) is 12.6 Å². The van der Waals surface area contributed by atoms with Gasteiger partial charge in [0.05, 0.1) is 12.7 Å². The van der Waals surface area contributed by atoms with Gasteiger partial charge in [-0.05, 0) is 67.4 Å². The number of ether oxygens (including phenoxy) is 1. The zero-order valence-electron chi connectivity index (χ0n) is 16.4. The first-order chi connectivity index (χ1) is 12.7. The van der Waals surface area contributed by atoms with Crippen LogP contribution in [0.2, 0.25) is 0 Å². The molecule has 0 aromatic heterocycles. The van der Waals surface area contributed by atoms with Gasteiger partial charge in [0.1, 0.15) is 11.6 Å². The molecule has 0 amide bonds. The Morgan fingerprint density at radius 2 is 1.81 bits per heavy atom. The van der Waals surface area contributed by atoms with E-state index in [0.29, 0.717) is 23.7 Å². The third-order valence-electron chi connectivity index (χ3n) is 4.12. The molecule has 0 heterocycles. The predicted octanol–water partition coefficient (Wildman–Crippen LogP) is 5.97. The molecule has 1 aromatic carbocycles. The molecule has 0 radical (unpaired) electrons. The maximum absolute atomic E-state index is 13.2. The third-order valence-corrected chi connectivity index (χ3v) is 4.12. The SMILES string of the molecule is C/C(C#N)=C1/C=C(c2cc(F)cc(F)c2)CCC1.CC(=O)OCCC(C)C. The largest absolute Gasteiger partial charge is 0.466 e. The Morgan fingerprint density at radius 3 is 2.33 bits per heavy atom. The molecule has 0 saturated carbocycles. The highest BCUT2D eigenvalue weighted by Gasteiger charge is 2.13. The number of nitriles is 1. The molecule has 146 valence electrons. The molecule has 1 aliphatic carbocycles. The summed E-state index contributed by atoms with van der Waals surface area (Å²) in [5.41, 5.74) is 3.09. The van der Waals surface area contributed by atoms with Crippen molar-refractivity contribution in [3.8, 4) is 6.07 Å². The van der Waals surface area contributed by atoms with Gasteiger partial charge in [-0.3, -0.25) is 4.79 Å². The van der Waals surface area contributed by atoms with E-state index in [1.807, 2.05) is 6.08 Å². The summed E-state index contributed by atoms with van der Waals surface area (Å²) >= 11 is 0. The van der Waals surface area contributed by atoms with Crippen LogP contribution >= 0.6 is 0 Å². The van der Waals surface area contributed by atoms with Gasteiger partial charge >= 0.3 is 5.97 Å². The maximum Gasteiger partial charge on any atom is 0.302 e. The minimum Gasteiger partial charge on any atom is -0.466 e. The second-order valence-corrected chi connectivity index (χ2v) is 6.97. The van der Waals surface area contributed by atoms with Crippen molar-refractivity contribution in [3.05, 3.63) is 52.6 Å². The molecule has 1 aromatic rings. The van der Waals surface area contributed by atoms with Crippen molar-refractivity contribution in [2.24, 2.45) is 5.92 Å². The first-order valence-electron chi connectivity index (χ1n) is 9.13. The van der Waals surface area contributed by atoms with E-state index in [0.717, 1.165) is 42.9 Å². The molecular weight excluding hydrogens is 348 g/mol. The highest BCUT2D eigenvalue weighted by Crippen LogP contribution is 2.31. The van der Waals surface area contributed by atoms with Crippen LogP contribution in [0.3, 0.4) is 0 Å². The lowest BCUT2D eigenvalue weighted by Crippen LogP contribution is -2.02. The van der Waals surface area contributed by atoms with E-state index in [1.165, 1.54) is 19.1 Å². The van der Waals surface area contributed by atoms with Gasteiger partial charge in [0.2, 0.25) is 0 Å². The Balaban J connectivity index is 0.000000345. The standard InChI is InChI=1S/C15H13F2N.C7H14O2/c1-10(9-18)11-3-2-4-12(5-11)13-6-14(16)8-15(17)7-13;1-6(2)4-5-9-7(3)8/h5-8H,2-4H2,1H3;6H,4-5H2,1-3H3/b11-10-;. The van der Waals surface area contributed by atoms with Crippen molar-refractivity contribution >= 4 is 11.5 Å². The van der Waals surface area contributed by atoms with Crippen LogP contribution < -0.4 is 0 Å². The van der Waals surface area contributed by atoms with Gasteiger partial charge in [0, 0.05) is 18.6 Å². The molecule has 0 fully saturated rings. The van der Waals surface area contributed by atoms with Crippen LogP contribution in [0, 0.1) is 28.9 Å². The summed E-state index contributed by atoms with van der Waals surface area (Å²) in [5, 5.41) is 8.87. The van der Waals surface area contributed by atoms with Crippen LogP contribution in [0.15, 0.2) is 35.4 Å². The molecule has 0 bridgehead atoms. The van der Waals surface area contributed by atoms with E-state index in [4.69, 9.17) is 10.00 Å². The maximum atomic E-state index is 13.2. The number of benzene rings is 1. The summed E-state index contributed by atoms with van der Waals surface area (Å²) in [4.78, 5) is 10.2. The fraction of sp³-hybridized carbons (Fsp3) is 0.455. The Kier molecular flexibility index (Phi) is 9.42. The molecule has 1 aliphatic rings. The van der Waals surface area contributed by atoms with Crippen LogP contribution in [0.4, 0.5) is 8.78 Å². The summed E-state index contributed by atoms with van der Waals surface area (Å²) < 4.78 is 31.1. The first-order valence-corrected chi connectivity index (χ1v) is 9.13. The van der Waals surface area contributed by atoms with Crippen LogP contribution in [0.5, 0.6) is 0 Å². The summed E-state index contributed by atoms with van der Waals surface area (Å²) in [7, 11) is 0. The number of halogens is 2. The average molecular weight is 375 g/mol. The number of allylic oxidation sites excluding steroid dienone is 4. The zero-order valence-corrected chi connectivity index (χ0v) is 16.4. The zero-order chi connectivity index (χ0) is 20.4. The third kappa shape index (κ3) is 8.63. The second kappa shape index (κ2) is 11.3. The van der Waals surface area contributed by atoms with Crippen molar-refractivity contribution in [1.82, 2.24) is 0 Å². The molecule has 27 heavy (non-hydrogen) atoms. The molecular formula is C22H27F2NO2. The van der Waals surface area contributed by atoms with E-state index < -0.39 is 11.6 Å². The minimum absolute atomic E-state index is 0.185. The van der Waals surface area contributed by atoms with Crippen molar-refractivity contribution in [2.45, 2.75) is 53.4 Å². The Morgan fingerprint density at radius 1 is 1.19 bits per heavy atom. The van der Waals surface area contributed by atoms with Crippen molar-refractivity contribution in [3.63, 3.8) is 0 Å². The van der Waals surface area contributed by atoms with E-state index >= 15 is 0 Å². The number of nitrogens with zero attached hydrogens (tertiary/aromatic N) is 1. The number of esters is 1. The second-order valence-electron chi connectivity index (χ2n) is 6.97. The van der Waals surface area contributed by atoms with E-state index in [-0.39, 0.29) is 5.97 Å². The number of carbonyl (C=O) groups excluding carboxylic acids is 1. The lowest BCUT2D eigenvalue weighted by atomic mass is 9.89. The Hall–Kier alpha value is -2.48. The molecule has 0 aliphatic heterocycles. The molecule has 0 unspecified atom stereocenters. The van der Waals surface area contributed by atoms with Crippen LogP contribution in [0.25, 0.3) is 5.57 Å². The van der Waals surface area contributed by atoms with Crippen molar-refractivity contribution < 1.29 is 18.3 Å². The monoisotopic (exact) mass is 375 g/mol. The van der Waals surface area contributed by atoms with Crippen molar-refractivity contribution in [1.29, 1.82) is 5.26 Å². The lowest BCUT2D eigenvalue weighted by Gasteiger charge is -2.16. The minimum atomic E-state index is -0.570. The first kappa shape index (κ1) is 22.6. The smallest absolute Gasteiger partial charge is 0.302 e. The molecule has 0 atom stereocenters. The topological polar surface area (TPSA) is 50.1 Å². The van der Waals surface area contributed by atoms with Crippen molar-refractivity contribution in [2.75, 3.05) is 6.61 Å². The lowest BCUT2D eigenvalue weighted by molar-refractivity contribution is -0.141. The number of hydrogen-bond acceptors (Lipinski definition) is 3. The van der Waals surface area contributed by atoms with Gasteiger partial charge in [-0.15, -0.1) is 0 Å². The van der Waals surface area contributed by atoms with E-state index in [2.05, 4.69) is 19.9 Å². The number of hydrogen-bond donors (Lipinski definition) is 0. The van der Waals surface area contributed by atoms with Gasteiger partial charge in [-0.1, -0.05) is 19.9 Å². The quantitative estimate of drug-likeness (QED) is 0.481. The fourth-order valence-electron chi connectivity index (χ4n) is 2.60. The molecule has 2 rings (SSSR count). The summed E-state index contributed by atoms with van der Waals surface area (Å²) in [6, 6.07) is 5.65. The van der Waals surface area contributed by atoms with E-state index in [9.17, 15) is 13.6 Å². The van der Waals surface area contributed by atoms with Gasteiger partial charge in [0.15, 0.2) is 0 Å². The summed E-state index contributed by atoms with van der Waals surface area (Å²) in [5.74, 6) is -0.710. The molecule has 0 saturated heterocycles. The van der Waals surface area contributed by atoms with Gasteiger partial charge in [-0.25, -0.2) is 8.78 Å². The normalized spacial score (nSPS) is 15.3. The number of rotatable bonds is 4. The molecule has 3 nitrogen and oxygen atoms in total. The molecule has 5 heteroatoms. The van der Waals surface area contributed by atoms with Crippen LogP contribution in [-0.2, 0) is 9.53 Å². The average Bonchev–Trinajstić information content (AvgIpc) is 2.60. The van der Waals surface area contributed by atoms with E-state index in [1.54, 1.807) is 6.92 Å². The Labute approximate surface area is 160 Å².